The van der Waals surface area contributed by atoms with Crippen molar-refractivity contribution in [1.82, 2.24) is 4.98 Å². The van der Waals surface area contributed by atoms with Crippen molar-refractivity contribution in [2.45, 2.75) is 13.1 Å². The number of hydrogen-bond acceptors (Lipinski definition) is 3. The Hall–Kier alpha value is -3.35. The van der Waals surface area contributed by atoms with Gasteiger partial charge in [0.05, 0.1) is 17.4 Å². The predicted molar refractivity (Wildman–Crippen MR) is 98.1 cm³/mol. The number of pyridine rings is 1. The lowest BCUT2D eigenvalue weighted by Crippen LogP contribution is -2.14. The van der Waals surface area contributed by atoms with Crippen molar-refractivity contribution < 1.29 is 18.0 Å². The molecule has 3 aromatic rings. The molecule has 0 bridgehead atoms. The monoisotopic (exact) mass is 371 g/mol. The maximum absolute atomic E-state index is 12.8. The molecule has 0 radical (unpaired) electrons. The van der Waals surface area contributed by atoms with Gasteiger partial charge in [-0.15, -0.1) is 0 Å². The standard InChI is InChI=1S/C20H16F3N3O/c1-13-5-2-3-8-17(13)19(27)26-18-10-9-16(12-24-18)25-15-7-4-6-14(11-15)20(21,22)23/h2-12,25H,1H3,(H,24,26,27). The van der Waals surface area contributed by atoms with Crippen LogP contribution in [0.1, 0.15) is 21.5 Å². The summed E-state index contributed by atoms with van der Waals surface area (Å²) in [5.74, 6) is 0.0667. The topological polar surface area (TPSA) is 54.0 Å². The zero-order valence-electron chi connectivity index (χ0n) is 14.3. The second-order valence-electron chi connectivity index (χ2n) is 5.90. The summed E-state index contributed by atoms with van der Waals surface area (Å²) in [6.45, 7) is 1.84. The lowest BCUT2D eigenvalue weighted by molar-refractivity contribution is -0.137. The first kappa shape index (κ1) is 18.4. The molecule has 0 aliphatic heterocycles. The number of nitrogens with one attached hydrogen (secondary N) is 2. The minimum Gasteiger partial charge on any atom is -0.354 e. The van der Waals surface area contributed by atoms with Crippen LogP contribution in [0.4, 0.5) is 30.4 Å². The molecule has 0 fully saturated rings. The molecular formula is C20H16F3N3O. The number of halogens is 3. The average molecular weight is 371 g/mol. The van der Waals surface area contributed by atoms with E-state index < -0.39 is 11.7 Å². The predicted octanol–water partition coefficient (Wildman–Crippen LogP) is 5.40. The van der Waals surface area contributed by atoms with Gasteiger partial charge in [-0.05, 0) is 48.9 Å². The Labute approximate surface area is 154 Å². The van der Waals surface area contributed by atoms with E-state index in [0.29, 0.717) is 22.8 Å². The molecule has 138 valence electrons. The summed E-state index contributed by atoms with van der Waals surface area (Å²) in [5.41, 5.74) is 1.46. The second kappa shape index (κ2) is 7.49. The van der Waals surface area contributed by atoms with E-state index in [-0.39, 0.29) is 5.91 Å². The van der Waals surface area contributed by atoms with Gasteiger partial charge in [0, 0.05) is 11.3 Å². The number of aromatic nitrogens is 1. The molecule has 4 nitrogen and oxygen atoms in total. The minimum absolute atomic E-state index is 0.279. The summed E-state index contributed by atoms with van der Waals surface area (Å²) in [6, 6.07) is 15.3. The molecule has 0 unspecified atom stereocenters. The van der Waals surface area contributed by atoms with E-state index in [4.69, 9.17) is 0 Å². The van der Waals surface area contributed by atoms with Gasteiger partial charge in [0.15, 0.2) is 0 Å². The zero-order chi connectivity index (χ0) is 19.4. The smallest absolute Gasteiger partial charge is 0.354 e. The van der Waals surface area contributed by atoms with E-state index in [0.717, 1.165) is 17.7 Å². The maximum Gasteiger partial charge on any atom is 0.416 e. The average Bonchev–Trinajstić information content (AvgIpc) is 2.63. The summed E-state index contributed by atoms with van der Waals surface area (Å²) in [4.78, 5) is 16.4. The lowest BCUT2D eigenvalue weighted by atomic mass is 10.1. The lowest BCUT2D eigenvalue weighted by Gasteiger charge is -2.11. The minimum atomic E-state index is -4.40. The fraction of sp³-hybridized carbons (Fsp3) is 0.100. The normalized spacial score (nSPS) is 11.1. The van der Waals surface area contributed by atoms with Crippen LogP contribution in [0.2, 0.25) is 0 Å². The molecular weight excluding hydrogens is 355 g/mol. The Kier molecular flexibility index (Phi) is 5.12. The van der Waals surface area contributed by atoms with Gasteiger partial charge in [0.1, 0.15) is 5.82 Å². The number of nitrogens with zero attached hydrogens (tertiary/aromatic N) is 1. The van der Waals surface area contributed by atoms with Gasteiger partial charge in [-0.2, -0.15) is 13.2 Å². The molecule has 0 atom stereocenters. The first-order chi connectivity index (χ1) is 12.8. The van der Waals surface area contributed by atoms with Crippen molar-refractivity contribution in [2.24, 2.45) is 0 Å². The fourth-order valence-corrected chi connectivity index (χ4v) is 2.49. The van der Waals surface area contributed by atoms with E-state index >= 15 is 0 Å². The van der Waals surface area contributed by atoms with Gasteiger partial charge in [-0.1, -0.05) is 24.3 Å². The van der Waals surface area contributed by atoms with Crippen molar-refractivity contribution in [2.75, 3.05) is 10.6 Å². The highest BCUT2D eigenvalue weighted by molar-refractivity contribution is 6.04. The number of anilines is 3. The molecule has 0 saturated carbocycles. The third kappa shape index (κ3) is 4.63. The molecule has 2 N–H and O–H groups in total. The largest absolute Gasteiger partial charge is 0.416 e. The van der Waals surface area contributed by atoms with Crippen LogP contribution in [0.25, 0.3) is 0 Å². The first-order valence-electron chi connectivity index (χ1n) is 8.10. The van der Waals surface area contributed by atoms with Crippen molar-refractivity contribution in [3.63, 3.8) is 0 Å². The summed E-state index contributed by atoms with van der Waals surface area (Å²) >= 11 is 0. The van der Waals surface area contributed by atoms with Crippen LogP contribution in [-0.2, 0) is 6.18 Å². The molecule has 3 rings (SSSR count). The Morgan fingerprint density at radius 1 is 0.963 bits per heavy atom. The number of rotatable bonds is 4. The van der Waals surface area contributed by atoms with Crippen LogP contribution in [-0.4, -0.2) is 10.9 Å². The maximum atomic E-state index is 12.8. The van der Waals surface area contributed by atoms with Crippen molar-refractivity contribution in [3.05, 3.63) is 83.6 Å². The van der Waals surface area contributed by atoms with Crippen molar-refractivity contribution in [3.8, 4) is 0 Å². The molecule has 0 spiro atoms. The number of benzene rings is 2. The van der Waals surface area contributed by atoms with E-state index in [9.17, 15) is 18.0 Å². The van der Waals surface area contributed by atoms with Gasteiger partial charge in [0.25, 0.3) is 5.91 Å². The van der Waals surface area contributed by atoms with Gasteiger partial charge in [0.2, 0.25) is 0 Å². The number of hydrogen-bond donors (Lipinski definition) is 2. The highest BCUT2D eigenvalue weighted by Gasteiger charge is 2.30. The van der Waals surface area contributed by atoms with Crippen LogP contribution in [0.15, 0.2) is 66.9 Å². The molecule has 27 heavy (non-hydrogen) atoms. The quantitative estimate of drug-likeness (QED) is 0.645. The Bertz CT molecular complexity index is 953. The number of aryl methyl sites for hydroxylation is 1. The molecule has 2 aromatic carbocycles. The highest BCUT2D eigenvalue weighted by Crippen LogP contribution is 2.31. The molecule has 0 saturated heterocycles. The van der Waals surface area contributed by atoms with Crippen molar-refractivity contribution in [1.29, 1.82) is 0 Å². The van der Waals surface area contributed by atoms with Crippen LogP contribution >= 0.6 is 0 Å². The van der Waals surface area contributed by atoms with E-state index in [1.165, 1.54) is 18.3 Å². The molecule has 7 heteroatoms. The Morgan fingerprint density at radius 3 is 2.41 bits per heavy atom. The molecule has 1 heterocycles. The van der Waals surface area contributed by atoms with Gasteiger partial charge in [-0.25, -0.2) is 4.98 Å². The van der Waals surface area contributed by atoms with Crippen LogP contribution in [0.5, 0.6) is 0 Å². The van der Waals surface area contributed by atoms with Crippen LogP contribution in [0.3, 0.4) is 0 Å². The SMILES string of the molecule is Cc1ccccc1C(=O)Nc1ccc(Nc2cccc(C(F)(F)F)c2)cn1. The summed E-state index contributed by atoms with van der Waals surface area (Å²) in [5, 5.41) is 5.56. The van der Waals surface area contributed by atoms with Gasteiger partial charge < -0.3 is 10.6 Å². The third-order valence-corrected chi connectivity index (χ3v) is 3.87. The zero-order valence-corrected chi connectivity index (χ0v) is 14.3. The fourth-order valence-electron chi connectivity index (χ4n) is 2.49. The number of carbonyl (C=O) groups excluding carboxylic acids is 1. The van der Waals surface area contributed by atoms with E-state index in [1.54, 1.807) is 24.3 Å². The summed E-state index contributed by atoms with van der Waals surface area (Å²) in [6.07, 6.45) is -2.96. The molecule has 0 aliphatic rings. The summed E-state index contributed by atoms with van der Waals surface area (Å²) < 4.78 is 38.3. The highest BCUT2D eigenvalue weighted by atomic mass is 19.4. The molecule has 1 aromatic heterocycles. The Balaban J connectivity index is 1.69. The van der Waals surface area contributed by atoms with Gasteiger partial charge >= 0.3 is 6.18 Å². The number of amides is 1. The number of carbonyl (C=O) groups is 1. The van der Waals surface area contributed by atoms with Gasteiger partial charge in [-0.3, -0.25) is 4.79 Å². The molecule has 1 amide bonds. The van der Waals surface area contributed by atoms with E-state index in [2.05, 4.69) is 15.6 Å². The van der Waals surface area contributed by atoms with E-state index in [1.807, 2.05) is 19.1 Å². The second-order valence-corrected chi connectivity index (χ2v) is 5.90. The first-order valence-corrected chi connectivity index (χ1v) is 8.10. The van der Waals surface area contributed by atoms with Crippen molar-refractivity contribution >= 4 is 23.1 Å². The molecule has 0 aliphatic carbocycles. The Morgan fingerprint density at radius 2 is 1.74 bits per heavy atom. The summed E-state index contributed by atoms with van der Waals surface area (Å²) in [7, 11) is 0. The van der Waals surface area contributed by atoms with Crippen LogP contribution < -0.4 is 10.6 Å². The van der Waals surface area contributed by atoms with Crippen LogP contribution in [0, 0.1) is 6.92 Å². The third-order valence-electron chi connectivity index (χ3n) is 3.87. The number of alkyl halides is 3.